The summed E-state index contributed by atoms with van der Waals surface area (Å²) in [6.07, 6.45) is 11.3. The summed E-state index contributed by atoms with van der Waals surface area (Å²) in [4.78, 5) is 0. The predicted octanol–water partition coefficient (Wildman–Crippen LogP) is 7.93. The van der Waals surface area contributed by atoms with Crippen molar-refractivity contribution in [3.05, 3.63) is 0 Å². The molecule has 1 nitrogen and oxygen atoms in total. The summed E-state index contributed by atoms with van der Waals surface area (Å²) in [6, 6.07) is 0. The van der Waals surface area contributed by atoms with Gasteiger partial charge in [-0.15, -0.1) is 0 Å². The van der Waals surface area contributed by atoms with E-state index in [1.165, 1.54) is 44.9 Å². The van der Waals surface area contributed by atoms with Crippen molar-refractivity contribution >= 4 is 15.9 Å². The van der Waals surface area contributed by atoms with E-state index >= 15 is 4.39 Å². The Balaban J connectivity index is 1.53. The predicted molar refractivity (Wildman–Crippen MR) is 128 cm³/mol. The van der Waals surface area contributed by atoms with E-state index in [9.17, 15) is 5.11 Å². The largest absolute Gasteiger partial charge is 0.393 e. The number of fused-ring (bicyclic) bond motifs is 5. The zero-order valence-corrected chi connectivity index (χ0v) is 21.7. The first-order valence-electron chi connectivity index (χ1n) is 13.0. The van der Waals surface area contributed by atoms with Crippen molar-refractivity contribution in [1.29, 1.82) is 0 Å². The molecule has 0 saturated heterocycles. The van der Waals surface area contributed by atoms with Gasteiger partial charge in [0.2, 0.25) is 0 Å². The Hall–Kier alpha value is 0.370. The highest BCUT2D eigenvalue weighted by Gasteiger charge is 2.67. The minimum absolute atomic E-state index is 0.0170. The van der Waals surface area contributed by atoms with E-state index in [4.69, 9.17) is 0 Å². The van der Waals surface area contributed by atoms with Crippen LogP contribution in [-0.4, -0.2) is 21.7 Å². The van der Waals surface area contributed by atoms with Gasteiger partial charge in [-0.25, -0.2) is 4.39 Å². The Bertz CT molecular complexity index is 624. The highest BCUT2D eigenvalue weighted by atomic mass is 79.9. The number of alkyl halides is 2. The Labute approximate surface area is 193 Å². The molecule has 0 aromatic carbocycles. The average molecular weight is 486 g/mol. The molecule has 4 aliphatic rings. The minimum Gasteiger partial charge on any atom is -0.393 e. The molecule has 0 spiro atoms. The summed E-state index contributed by atoms with van der Waals surface area (Å²) < 4.78 is 15.3. The van der Waals surface area contributed by atoms with E-state index in [-0.39, 0.29) is 11.5 Å². The second-order valence-electron chi connectivity index (χ2n) is 12.8. The van der Waals surface area contributed by atoms with E-state index in [1.54, 1.807) is 0 Å². The summed E-state index contributed by atoms with van der Waals surface area (Å²) in [6.45, 7) is 12.1. The highest BCUT2D eigenvalue weighted by molar-refractivity contribution is 9.10. The van der Waals surface area contributed by atoms with Crippen LogP contribution < -0.4 is 0 Å². The summed E-state index contributed by atoms with van der Waals surface area (Å²) in [5.74, 6) is 4.29. The van der Waals surface area contributed by atoms with Gasteiger partial charge in [-0.05, 0) is 97.7 Å². The molecule has 0 heterocycles. The minimum atomic E-state index is -0.830. The van der Waals surface area contributed by atoms with E-state index in [0.29, 0.717) is 36.0 Å². The zero-order valence-electron chi connectivity index (χ0n) is 20.1. The molecule has 0 aliphatic heterocycles. The van der Waals surface area contributed by atoms with Crippen molar-refractivity contribution in [3.63, 3.8) is 0 Å². The van der Waals surface area contributed by atoms with Crippen molar-refractivity contribution in [3.8, 4) is 0 Å². The van der Waals surface area contributed by atoms with Gasteiger partial charge in [0.05, 0.1) is 10.4 Å². The number of halogens is 2. The zero-order chi connectivity index (χ0) is 21.9. The highest BCUT2D eigenvalue weighted by Crippen LogP contribution is 2.71. The lowest BCUT2D eigenvalue weighted by molar-refractivity contribution is -0.139. The second-order valence-corrected chi connectivity index (χ2v) is 14.2. The molecule has 30 heavy (non-hydrogen) atoms. The number of rotatable bonds is 5. The van der Waals surface area contributed by atoms with Gasteiger partial charge in [-0.1, -0.05) is 69.8 Å². The normalized spacial score (nSPS) is 51.9. The van der Waals surface area contributed by atoms with Crippen LogP contribution in [0.3, 0.4) is 0 Å². The second kappa shape index (κ2) is 8.30. The SMILES string of the molecule is CC(C)CCC[C@@H](C)[C@H]1CC[C@H]2[C@@H]3C[C@@H](F)[C@@]4(Br)C[C@@H](O)CC[C@]4(C)[C@H]3CC[C@]12C. The third kappa shape index (κ3) is 3.55. The van der Waals surface area contributed by atoms with Crippen LogP contribution in [0.1, 0.15) is 105 Å². The lowest BCUT2D eigenvalue weighted by Crippen LogP contribution is -2.64. The molecule has 1 N–H and O–H groups in total. The monoisotopic (exact) mass is 484 g/mol. The van der Waals surface area contributed by atoms with Gasteiger partial charge >= 0.3 is 0 Å². The van der Waals surface area contributed by atoms with Crippen molar-refractivity contribution in [2.45, 2.75) is 122 Å². The van der Waals surface area contributed by atoms with Crippen LogP contribution in [0, 0.1) is 46.3 Å². The van der Waals surface area contributed by atoms with Gasteiger partial charge in [0.1, 0.15) is 6.17 Å². The molecule has 0 bridgehead atoms. The molecule has 4 saturated carbocycles. The van der Waals surface area contributed by atoms with Crippen LogP contribution in [0.5, 0.6) is 0 Å². The molecule has 0 aromatic heterocycles. The first-order valence-corrected chi connectivity index (χ1v) is 13.8. The van der Waals surface area contributed by atoms with Crippen LogP contribution in [-0.2, 0) is 0 Å². The molecule has 174 valence electrons. The molecule has 3 heteroatoms. The van der Waals surface area contributed by atoms with Crippen molar-refractivity contribution in [1.82, 2.24) is 0 Å². The van der Waals surface area contributed by atoms with Gasteiger partial charge in [0, 0.05) is 0 Å². The topological polar surface area (TPSA) is 20.2 Å². The van der Waals surface area contributed by atoms with E-state index in [1.807, 2.05) is 0 Å². The molecule has 0 unspecified atom stereocenters. The van der Waals surface area contributed by atoms with Crippen molar-refractivity contribution in [2.24, 2.45) is 46.3 Å². The Morgan fingerprint density at radius 2 is 1.73 bits per heavy atom. The van der Waals surface area contributed by atoms with Gasteiger partial charge in [-0.2, -0.15) is 0 Å². The molecule has 10 atom stereocenters. The average Bonchev–Trinajstić information content (AvgIpc) is 3.01. The summed E-state index contributed by atoms with van der Waals surface area (Å²) >= 11 is 3.92. The maximum atomic E-state index is 15.8. The fraction of sp³-hybridized carbons (Fsp3) is 1.00. The summed E-state index contributed by atoms with van der Waals surface area (Å²) in [5, 5.41) is 10.3. The first kappa shape index (κ1) is 23.5. The lowest BCUT2D eigenvalue weighted by Gasteiger charge is -2.65. The molecule has 0 radical (unpaired) electrons. The smallest absolute Gasteiger partial charge is 0.116 e. The quantitative estimate of drug-likeness (QED) is 0.392. The van der Waals surface area contributed by atoms with Crippen LogP contribution in [0.2, 0.25) is 0 Å². The van der Waals surface area contributed by atoms with E-state index in [0.717, 1.165) is 30.6 Å². The van der Waals surface area contributed by atoms with Crippen LogP contribution >= 0.6 is 15.9 Å². The van der Waals surface area contributed by atoms with Crippen LogP contribution in [0.25, 0.3) is 0 Å². The number of hydrogen-bond acceptors (Lipinski definition) is 1. The third-order valence-electron chi connectivity index (χ3n) is 10.9. The Kier molecular flexibility index (Phi) is 6.51. The standard InChI is InChI=1S/C27H46BrFO/c1-17(2)7-6-8-18(3)21-9-10-22-20-15-24(29)27(28)16-19(30)11-14-26(27,5)23(20)12-13-25(21,22)4/h17-24,30H,6-16H2,1-5H3/t18-,19+,20+,21-,22+,23+,24-,25-,26-,27+/m1/s1. The maximum Gasteiger partial charge on any atom is 0.116 e. The number of aliphatic hydroxyl groups excluding tert-OH is 1. The fourth-order valence-corrected chi connectivity index (χ4v) is 10.2. The molecule has 4 rings (SSSR count). The summed E-state index contributed by atoms with van der Waals surface area (Å²) in [7, 11) is 0. The van der Waals surface area contributed by atoms with E-state index < -0.39 is 10.5 Å². The number of aliphatic hydroxyl groups is 1. The molecular formula is C27H46BrFO. The Morgan fingerprint density at radius 3 is 2.43 bits per heavy atom. The summed E-state index contributed by atoms with van der Waals surface area (Å²) in [5.41, 5.74) is 0.395. The molecule has 0 aromatic rings. The lowest BCUT2D eigenvalue weighted by atomic mass is 9.44. The van der Waals surface area contributed by atoms with E-state index in [2.05, 4.69) is 50.5 Å². The van der Waals surface area contributed by atoms with Gasteiger partial charge in [-0.3, -0.25) is 0 Å². The van der Waals surface area contributed by atoms with Crippen molar-refractivity contribution < 1.29 is 9.50 Å². The van der Waals surface area contributed by atoms with Gasteiger partial charge < -0.3 is 5.11 Å². The number of hydrogen-bond donors (Lipinski definition) is 1. The Morgan fingerprint density at radius 1 is 1.00 bits per heavy atom. The van der Waals surface area contributed by atoms with Crippen LogP contribution in [0.15, 0.2) is 0 Å². The van der Waals surface area contributed by atoms with Crippen LogP contribution in [0.4, 0.5) is 4.39 Å². The maximum absolute atomic E-state index is 15.8. The fourth-order valence-electron chi connectivity index (χ4n) is 9.19. The third-order valence-corrected chi connectivity index (χ3v) is 12.6. The first-order chi connectivity index (χ1) is 14.0. The molecular weight excluding hydrogens is 439 g/mol. The molecule has 0 amide bonds. The van der Waals surface area contributed by atoms with Gasteiger partial charge in [0.25, 0.3) is 0 Å². The van der Waals surface area contributed by atoms with Crippen molar-refractivity contribution in [2.75, 3.05) is 0 Å². The van der Waals surface area contributed by atoms with Gasteiger partial charge in [0.15, 0.2) is 0 Å². The molecule has 4 fully saturated rings. The molecule has 4 aliphatic carbocycles.